The van der Waals surface area contributed by atoms with Crippen LogP contribution in [0.2, 0.25) is 0 Å². The number of carboxylic acid groups (broad SMARTS) is 1. The molecule has 0 spiro atoms. The van der Waals surface area contributed by atoms with Crippen molar-refractivity contribution in [1.82, 2.24) is 4.90 Å². The van der Waals surface area contributed by atoms with E-state index < -0.39 is 26.5 Å². The highest BCUT2D eigenvalue weighted by Crippen LogP contribution is 2.19. The Balaban J connectivity index is 2.03. The number of likely N-dealkylation sites (tertiary alicyclic amines) is 1. The van der Waals surface area contributed by atoms with Crippen LogP contribution in [-0.2, 0) is 9.84 Å². The summed E-state index contributed by atoms with van der Waals surface area (Å²) in [6.45, 7) is 2.66. The summed E-state index contributed by atoms with van der Waals surface area (Å²) in [6, 6.07) is 2.89. The Hall–Kier alpha value is -1.47. The molecule has 1 aromatic carbocycles. The molecule has 1 N–H and O–H groups in total. The van der Waals surface area contributed by atoms with Gasteiger partial charge in [0.15, 0.2) is 9.84 Å². The largest absolute Gasteiger partial charge is 0.478 e. The number of nitrogens with zero attached hydrogens (tertiary/aromatic N) is 1. The van der Waals surface area contributed by atoms with Crippen molar-refractivity contribution in [2.24, 2.45) is 0 Å². The first kappa shape index (κ1) is 15.9. The maximum Gasteiger partial charge on any atom is 0.335 e. The van der Waals surface area contributed by atoms with Crippen LogP contribution in [0.3, 0.4) is 0 Å². The van der Waals surface area contributed by atoms with Crippen LogP contribution in [0.1, 0.15) is 29.6 Å². The van der Waals surface area contributed by atoms with Crippen LogP contribution in [0.15, 0.2) is 23.1 Å². The molecule has 1 aromatic rings. The fourth-order valence-corrected chi connectivity index (χ4v) is 3.84. The summed E-state index contributed by atoms with van der Waals surface area (Å²) in [5.74, 6) is -2.42. The molecule has 1 heterocycles. The first-order valence-electron chi connectivity index (χ1n) is 6.88. The summed E-state index contributed by atoms with van der Waals surface area (Å²) in [5, 5.41) is 8.74. The van der Waals surface area contributed by atoms with E-state index in [-0.39, 0.29) is 11.3 Å². The molecule has 2 rings (SSSR count). The molecule has 0 bridgehead atoms. The number of aromatic carboxylic acids is 1. The second kappa shape index (κ2) is 6.53. The second-order valence-corrected chi connectivity index (χ2v) is 7.25. The van der Waals surface area contributed by atoms with E-state index in [1.165, 1.54) is 0 Å². The van der Waals surface area contributed by atoms with Crippen LogP contribution in [0, 0.1) is 5.82 Å². The number of sulfone groups is 1. The Morgan fingerprint density at radius 2 is 1.95 bits per heavy atom. The van der Waals surface area contributed by atoms with Crippen molar-refractivity contribution in [3.05, 3.63) is 29.6 Å². The minimum atomic E-state index is -3.72. The molecule has 0 aromatic heterocycles. The number of hydrogen-bond acceptors (Lipinski definition) is 4. The van der Waals surface area contributed by atoms with Gasteiger partial charge in [-0.3, -0.25) is 0 Å². The van der Waals surface area contributed by atoms with Gasteiger partial charge in [-0.2, -0.15) is 0 Å². The second-order valence-electron chi connectivity index (χ2n) is 5.17. The van der Waals surface area contributed by atoms with Crippen molar-refractivity contribution in [1.29, 1.82) is 0 Å². The Bertz CT molecular complexity index is 624. The van der Waals surface area contributed by atoms with Crippen LogP contribution in [0.25, 0.3) is 0 Å². The van der Waals surface area contributed by atoms with E-state index in [4.69, 9.17) is 5.11 Å². The smallest absolute Gasteiger partial charge is 0.335 e. The van der Waals surface area contributed by atoms with Crippen LogP contribution in [0.4, 0.5) is 4.39 Å². The topological polar surface area (TPSA) is 74.7 Å². The Kier molecular flexibility index (Phi) is 4.95. The van der Waals surface area contributed by atoms with Crippen molar-refractivity contribution >= 4 is 15.8 Å². The van der Waals surface area contributed by atoms with E-state index in [0.717, 1.165) is 44.1 Å². The normalized spacial score (nSPS) is 16.2. The van der Waals surface area contributed by atoms with Crippen molar-refractivity contribution in [2.75, 3.05) is 25.4 Å². The lowest BCUT2D eigenvalue weighted by Crippen LogP contribution is -2.23. The third kappa shape index (κ3) is 4.01. The molecule has 7 heteroatoms. The summed E-state index contributed by atoms with van der Waals surface area (Å²) in [7, 11) is -3.72. The first-order valence-corrected chi connectivity index (χ1v) is 8.53. The van der Waals surface area contributed by atoms with Gasteiger partial charge < -0.3 is 10.0 Å². The summed E-state index contributed by atoms with van der Waals surface area (Å²) in [6.07, 6.45) is 2.72. The Labute approximate surface area is 123 Å². The zero-order valence-corrected chi connectivity index (χ0v) is 12.4. The third-order valence-corrected chi connectivity index (χ3v) is 5.43. The van der Waals surface area contributed by atoms with E-state index in [9.17, 15) is 17.6 Å². The van der Waals surface area contributed by atoms with Gasteiger partial charge in [0.25, 0.3) is 0 Å². The van der Waals surface area contributed by atoms with E-state index in [1.54, 1.807) is 0 Å². The maximum absolute atomic E-state index is 13.8. The summed E-state index contributed by atoms with van der Waals surface area (Å²) in [5.41, 5.74) is -0.261. The van der Waals surface area contributed by atoms with Gasteiger partial charge >= 0.3 is 5.97 Å². The molecule has 1 saturated heterocycles. The molecule has 0 unspecified atom stereocenters. The highest BCUT2D eigenvalue weighted by atomic mass is 32.2. The lowest BCUT2D eigenvalue weighted by molar-refractivity contribution is 0.0696. The van der Waals surface area contributed by atoms with E-state index >= 15 is 0 Å². The van der Waals surface area contributed by atoms with Gasteiger partial charge in [-0.15, -0.1) is 0 Å². The van der Waals surface area contributed by atoms with Gasteiger partial charge in [-0.05, 0) is 57.1 Å². The average Bonchev–Trinajstić information content (AvgIpc) is 2.91. The molecule has 21 heavy (non-hydrogen) atoms. The third-order valence-electron chi connectivity index (χ3n) is 3.60. The summed E-state index contributed by atoms with van der Waals surface area (Å²) in [4.78, 5) is 12.5. The lowest BCUT2D eigenvalue weighted by Gasteiger charge is -2.14. The van der Waals surface area contributed by atoms with Crippen LogP contribution in [-0.4, -0.2) is 49.8 Å². The molecule has 1 fully saturated rings. The predicted octanol–water partition coefficient (Wildman–Crippen LogP) is 1.78. The number of hydrogen-bond donors (Lipinski definition) is 1. The fraction of sp³-hybridized carbons (Fsp3) is 0.500. The van der Waals surface area contributed by atoms with Crippen molar-refractivity contribution in [3.63, 3.8) is 0 Å². The highest BCUT2D eigenvalue weighted by molar-refractivity contribution is 7.91. The van der Waals surface area contributed by atoms with E-state index in [1.807, 2.05) is 0 Å². The molecular weight excluding hydrogens is 297 g/mol. The predicted molar refractivity (Wildman–Crippen MR) is 75.7 cm³/mol. The van der Waals surface area contributed by atoms with Gasteiger partial charge in [0, 0.05) is 0 Å². The number of halogens is 1. The zero-order valence-electron chi connectivity index (χ0n) is 11.6. The van der Waals surface area contributed by atoms with Gasteiger partial charge in [-0.1, -0.05) is 0 Å². The monoisotopic (exact) mass is 315 g/mol. The SMILES string of the molecule is O=C(O)c1ccc(S(=O)(=O)CCCN2CCCC2)c(F)c1. The lowest BCUT2D eigenvalue weighted by atomic mass is 10.2. The van der Waals surface area contributed by atoms with Crippen LogP contribution >= 0.6 is 0 Å². The molecule has 5 nitrogen and oxygen atoms in total. The van der Waals surface area contributed by atoms with Gasteiger partial charge in [-0.25, -0.2) is 17.6 Å². The van der Waals surface area contributed by atoms with Crippen molar-refractivity contribution < 1.29 is 22.7 Å². The molecule has 0 aliphatic carbocycles. The summed E-state index contributed by atoms with van der Waals surface area (Å²) < 4.78 is 38.0. The number of carbonyl (C=O) groups is 1. The minimum absolute atomic E-state index is 0.132. The number of rotatable bonds is 6. The Morgan fingerprint density at radius 1 is 1.29 bits per heavy atom. The highest BCUT2D eigenvalue weighted by Gasteiger charge is 2.21. The average molecular weight is 315 g/mol. The maximum atomic E-state index is 13.8. The Morgan fingerprint density at radius 3 is 2.52 bits per heavy atom. The van der Waals surface area contributed by atoms with Gasteiger partial charge in [0.2, 0.25) is 0 Å². The molecule has 0 saturated carbocycles. The standard InChI is InChI=1S/C14H18FNO4S/c15-12-10-11(14(17)18)4-5-13(12)21(19,20)9-3-8-16-6-1-2-7-16/h4-5,10H,1-3,6-9H2,(H,17,18). The van der Waals surface area contributed by atoms with Gasteiger partial charge in [0.05, 0.1) is 11.3 Å². The molecule has 0 amide bonds. The summed E-state index contributed by atoms with van der Waals surface area (Å²) >= 11 is 0. The van der Waals surface area contributed by atoms with Gasteiger partial charge in [0.1, 0.15) is 10.7 Å². The molecule has 1 aliphatic heterocycles. The number of carboxylic acids is 1. The van der Waals surface area contributed by atoms with E-state index in [0.29, 0.717) is 13.0 Å². The molecule has 0 radical (unpaired) electrons. The molecule has 1 aliphatic rings. The number of benzene rings is 1. The first-order chi connectivity index (χ1) is 9.90. The van der Waals surface area contributed by atoms with E-state index in [2.05, 4.69) is 4.90 Å². The van der Waals surface area contributed by atoms with Crippen molar-refractivity contribution in [3.8, 4) is 0 Å². The van der Waals surface area contributed by atoms with Crippen molar-refractivity contribution in [2.45, 2.75) is 24.2 Å². The molecular formula is C14H18FNO4S. The quantitative estimate of drug-likeness (QED) is 0.866. The molecule has 0 atom stereocenters. The zero-order chi connectivity index (χ0) is 15.5. The molecule has 116 valence electrons. The van der Waals surface area contributed by atoms with Crippen LogP contribution in [0.5, 0.6) is 0 Å². The minimum Gasteiger partial charge on any atom is -0.478 e. The fourth-order valence-electron chi connectivity index (χ4n) is 2.48. The van der Waals surface area contributed by atoms with Crippen LogP contribution < -0.4 is 0 Å².